The molecular formula is C34H53N3O2Si. The van der Waals surface area contributed by atoms with Gasteiger partial charge in [0.05, 0.1) is 6.10 Å². The lowest BCUT2D eigenvalue weighted by atomic mass is 9.71. The molecule has 40 heavy (non-hydrogen) atoms. The van der Waals surface area contributed by atoms with Crippen molar-refractivity contribution < 1.29 is 9.53 Å². The standard InChI is InChI=1S/C34H53N3O2Si/c1-21(2)29-28(30(38)23-19-35-31(36-20-23)32(3,4)5)26(22-15-13-14-16-22)27-24(37-29)17-34(9,10)18-25(27)39-40(11,12)33(6,7)8/h15,19-21,25,30,38H,13-14,16-18H2,1-12H3. The summed E-state index contributed by atoms with van der Waals surface area (Å²) in [5.74, 6) is 0.940. The Bertz CT molecular complexity index is 1260. The third-order valence-corrected chi connectivity index (χ3v) is 13.7. The van der Waals surface area contributed by atoms with E-state index < -0.39 is 14.4 Å². The zero-order valence-corrected chi connectivity index (χ0v) is 28.2. The Hall–Kier alpha value is -1.89. The molecule has 220 valence electrons. The first-order valence-corrected chi connectivity index (χ1v) is 18.2. The van der Waals surface area contributed by atoms with Crippen molar-refractivity contribution in [3.8, 4) is 0 Å². The average Bonchev–Trinajstić information content (AvgIpc) is 3.35. The maximum Gasteiger partial charge on any atom is 0.192 e. The number of nitrogens with zero attached hydrogens (tertiary/aromatic N) is 3. The largest absolute Gasteiger partial charge is 0.410 e. The molecule has 0 amide bonds. The van der Waals surface area contributed by atoms with E-state index in [9.17, 15) is 5.11 Å². The van der Waals surface area contributed by atoms with Crippen LogP contribution in [0.1, 0.15) is 153 Å². The number of aromatic nitrogens is 3. The van der Waals surface area contributed by atoms with Crippen molar-refractivity contribution in [2.45, 2.75) is 143 Å². The summed E-state index contributed by atoms with van der Waals surface area (Å²) in [6.45, 7) is 27.0. The van der Waals surface area contributed by atoms with E-state index in [-0.39, 0.29) is 27.9 Å². The summed E-state index contributed by atoms with van der Waals surface area (Å²) >= 11 is 0. The number of hydrogen-bond acceptors (Lipinski definition) is 5. The van der Waals surface area contributed by atoms with E-state index in [0.717, 1.165) is 60.4 Å². The van der Waals surface area contributed by atoms with Crippen LogP contribution >= 0.6 is 0 Å². The third kappa shape index (κ3) is 6.14. The van der Waals surface area contributed by atoms with E-state index in [0.29, 0.717) is 0 Å². The predicted octanol–water partition coefficient (Wildman–Crippen LogP) is 8.98. The molecule has 6 heteroatoms. The van der Waals surface area contributed by atoms with Gasteiger partial charge in [-0.05, 0) is 72.7 Å². The second-order valence-corrected chi connectivity index (χ2v) is 20.6. The van der Waals surface area contributed by atoms with E-state index in [1.807, 2.05) is 0 Å². The fourth-order valence-electron chi connectivity index (χ4n) is 5.92. The molecule has 0 spiro atoms. The molecule has 0 saturated carbocycles. The Balaban J connectivity index is 1.99. The van der Waals surface area contributed by atoms with Crippen molar-refractivity contribution in [1.29, 1.82) is 0 Å². The predicted molar refractivity (Wildman–Crippen MR) is 168 cm³/mol. The summed E-state index contributed by atoms with van der Waals surface area (Å²) in [6, 6.07) is 0. The highest BCUT2D eigenvalue weighted by atomic mass is 28.4. The van der Waals surface area contributed by atoms with Crippen LogP contribution in [-0.2, 0) is 16.3 Å². The van der Waals surface area contributed by atoms with E-state index in [1.54, 1.807) is 12.4 Å². The van der Waals surface area contributed by atoms with Crippen molar-refractivity contribution in [3.05, 3.63) is 57.9 Å². The number of pyridine rings is 1. The summed E-state index contributed by atoms with van der Waals surface area (Å²) in [5, 5.41) is 12.2. The van der Waals surface area contributed by atoms with Crippen LogP contribution in [0.25, 0.3) is 5.57 Å². The molecule has 4 rings (SSSR count). The molecule has 2 heterocycles. The number of allylic oxidation sites excluding steroid dienone is 2. The summed E-state index contributed by atoms with van der Waals surface area (Å²) < 4.78 is 7.26. The van der Waals surface area contributed by atoms with Gasteiger partial charge in [0.2, 0.25) is 0 Å². The highest BCUT2D eigenvalue weighted by Crippen LogP contribution is 2.52. The van der Waals surface area contributed by atoms with Crippen LogP contribution in [0.2, 0.25) is 18.1 Å². The van der Waals surface area contributed by atoms with Gasteiger partial charge in [-0.2, -0.15) is 0 Å². The van der Waals surface area contributed by atoms with E-state index >= 15 is 0 Å². The minimum absolute atomic E-state index is 0.0460. The van der Waals surface area contributed by atoms with Crippen LogP contribution in [0.4, 0.5) is 0 Å². The molecule has 2 unspecified atom stereocenters. The first kappa shape index (κ1) is 31.1. The molecule has 2 aromatic rings. The molecule has 0 aliphatic heterocycles. The lowest BCUT2D eigenvalue weighted by Gasteiger charge is -2.45. The third-order valence-electron chi connectivity index (χ3n) is 9.17. The lowest BCUT2D eigenvalue weighted by molar-refractivity contribution is 0.105. The normalized spacial score (nSPS) is 20.4. The van der Waals surface area contributed by atoms with Gasteiger partial charge in [0.1, 0.15) is 11.9 Å². The zero-order chi connectivity index (χ0) is 29.8. The van der Waals surface area contributed by atoms with Gasteiger partial charge in [0, 0.05) is 45.9 Å². The monoisotopic (exact) mass is 563 g/mol. The second-order valence-electron chi connectivity index (χ2n) is 15.8. The number of fused-ring (bicyclic) bond motifs is 1. The van der Waals surface area contributed by atoms with Gasteiger partial charge in [-0.25, -0.2) is 9.97 Å². The van der Waals surface area contributed by atoms with Crippen molar-refractivity contribution in [3.63, 3.8) is 0 Å². The highest BCUT2D eigenvalue weighted by Gasteiger charge is 2.45. The maximum atomic E-state index is 12.1. The fourth-order valence-corrected chi connectivity index (χ4v) is 7.19. The summed E-state index contributed by atoms with van der Waals surface area (Å²) in [5.41, 5.74) is 7.47. The van der Waals surface area contributed by atoms with E-state index in [4.69, 9.17) is 9.41 Å². The van der Waals surface area contributed by atoms with E-state index in [2.05, 4.69) is 98.4 Å². The van der Waals surface area contributed by atoms with Crippen LogP contribution in [0, 0.1) is 5.41 Å². The smallest absolute Gasteiger partial charge is 0.192 e. The Morgan fingerprint density at radius 3 is 2.17 bits per heavy atom. The topological polar surface area (TPSA) is 68.1 Å². The molecular weight excluding hydrogens is 510 g/mol. The molecule has 0 bridgehead atoms. The molecule has 0 fully saturated rings. The Morgan fingerprint density at radius 2 is 1.68 bits per heavy atom. The van der Waals surface area contributed by atoms with E-state index in [1.165, 1.54) is 16.7 Å². The maximum absolute atomic E-state index is 12.1. The molecule has 0 saturated heterocycles. The SMILES string of the molecule is CC(C)c1nc2c(c(C3=CCCC3)c1C(O)c1cnc(C(C)(C)C)nc1)C(O[Si](C)(C)C(C)(C)C)CC(C)(C)C2. The van der Waals surface area contributed by atoms with Crippen molar-refractivity contribution in [1.82, 2.24) is 15.0 Å². The number of rotatable bonds is 6. The van der Waals surface area contributed by atoms with Crippen molar-refractivity contribution >= 4 is 13.9 Å². The van der Waals surface area contributed by atoms with Crippen LogP contribution in [0.3, 0.4) is 0 Å². The summed E-state index contributed by atoms with van der Waals surface area (Å²) in [6.07, 6.45) is 10.2. The van der Waals surface area contributed by atoms with Crippen LogP contribution in [0.5, 0.6) is 0 Å². The highest BCUT2D eigenvalue weighted by molar-refractivity contribution is 6.74. The molecule has 0 aromatic carbocycles. The molecule has 2 aromatic heterocycles. The molecule has 2 atom stereocenters. The minimum atomic E-state index is -2.08. The van der Waals surface area contributed by atoms with Crippen LogP contribution in [0.15, 0.2) is 18.5 Å². The van der Waals surface area contributed by atoms with Gasteiger partial charge in [-0.1, -0.05) is 75.3 Å². The molecule has 1 N–H and O–H groups in total. The zero-order valence-electron chi connectivity index (χ0n) is 27.2. The van der Waals surface area contributed by atoms with Gasteiger partial charge in [0.15, 0.2) is 8.32 Å². The van der Waals surface area contributed by atoms with Gasteiger partial charge < -0.3 is 9.53 Å². The number of aliphatic hydroxyl groups is 1. The first-order valence-electron chi connectivity index (χ1n) is 15.3. The lowest BCUT2D eigenvalue weighted by Crippen LogP contribution is -2.44. The number of aliphatic hydroxyl groups excluding tert-OH is 1. The van der Waals surface area contributed by atoms with Crippen molar-refractivity contribution in [2.75, 3.05) is 0 Å². The van der Waals surface area contributed by atoms with Crippen LogP contribution < -0.4 is 0 Å². The van der Waals surface area contributed by atoms with Crippen molar-refractivity contribution in [2.24, 2.45) is 5.41 Å². The van der Waals surface area contributed by atoms with Gasteiger partial charge in [0.25, 0.3) is 0 Å². The van der Waals surface area contributed by atoms with Gasteiger partial charge in [-0.3, -0.25) is 4.98 Å². The molecule has 2 aliphatic rings. The summed E-state index contributed by atoms with van der Waals surface area (Å²) in [4.78, 5) is 14.7. The molecule has 2 aliphatic carbocycles. The minimum Gasteiger partial charge on any atom is -0.410 e. The first-order chi connectivity index (χ1) is 18.3. The Morgan fingerprint density at radius 1 is 1.05 bits per heavy atom. The second kappa shape index (κ2) is 10.7. The quantitative estimate of drug-likeness (QED) is 0.355. The van der Waals surface area contributed by atoms with Gasteiger partial charge in [-0.15, -0.1) is 0 Å². The fraction of sp³-hybridized carbons (Fsp3) is 0.676. The number of hydrogen-bond donors (Lipinski definition) is 1. The molecule has 0 radical (unpaired) electrons. The van der Waals surface area contributed by atoms with Gasteiger partial charge >= 0.3 is 0 Å². The molecule has 5 nitrogen and oxygen atoms in total. The summed E-state index contributed by atoms with van der Waals surface area (Å²) in [7, 11) is -2.08. The average molecular weight is 564 g/mol. The Kier molecular flexibility index (Phi) is 8.34. The Labute approximate surface area is 244 Å². The van der Waals surface area contributed by atoms with Crippen LogP contribution in [-0.4, -0.2) is 28.4 Å².